The lowest BCUT2D eigenvalue weighted by atomic mass is 9.97. The van der Waals surface area contributed by atoms with Gasteiger partial charge in [-0.15, -0.1) is 0 Å². The summed E-state index contributed by atoms with van der Waals surface area (Å²) in [6, 6.07) is 46.4. The van der Waals surface area contributed by atoms with Gasteiger partial charge in [-0.2, -0.15) is 0 Å². The molecule has 9 rings (SSSR count). The molecular formula is C42H29N3O. The molecule has 0 bridgehead atoms. The van der Waals surface area contributed by atoms with Crippen molar-refractivity contribution in [2.24, 2.45) is 5.92 Å². The summed E-state index contributed by atoms with van der Waals surface area (Å²) in [5, 5.41) is 2.11. The van der Waals surface area contributed by atoms with E-state index in [1.165, 1.54) is 0 Å². The van der Waals surface area contributed by atoms with E-state index in [1.54, 1.807) is 0 Å². The van der Waals surface area contributed by atoms with Crippen molar-refractivity contribution in [2.75, 3.05) is 0 Å². The summed E-state index contributed by atoms with van der Waals surface area (Å²) < 4.78 is 8.81. The zero-order valence-corrected chi connectivity index (χ0v) is 25.0. The predicted octanol–water partition coefficient (Wildman–Crippen LogP) is 10.7. The summed E-state index contributed by atoms with van der Waals surface area (Å²) in [5.74, 6) is 1.29. The van der Waals surface area contributed by atoms with Crippen molar-refractivity contribution >= 4 is 33.0 Å². The summed E-state index contributed by atoms with van der Waals surface area (Å²) in [5.41, 5.74) is 11.1. The maximum Gasteiger partial charge on any atom is 0.141 e. The van der Waals surface area contributed by atoms with E-state index >= 15 is 0 Å². The van der Waals surface area contributed by atoms with E-state index in [0.717, 1.165) is 84.5 Å². The van der Waals surface area contributed by atoms with E-state index in [1.807, 2.05) is 12.1 Å². The average molecular weight is 592 g/mol. The Kier molecular flexibility index (Phi) is 6.24. The number of rotatable bonds is 6. The van der Waals surface area contributed by atoms with Crippen LogP contribution >= 0.6 is 0 Å². The monoisotopic (exact) mass is 591 g/mol. The number of nitrogens with zero attached hydrogens (tertiary/aromatic N) is 3. The number of fused-ring (bicyclic) bond motifs is 4. The van der Waals surface area contributed by atoms with Crippen molar-refractivity contribution < 1.29 is 4.42 Å². The van der Waals surface area contributed by atoms with Crippen LogP contribution in [0.2, 0.25) is 0 Å². The summed E-state index contributed by atoms with van der Waals surface area (Å²) in [6.45, 7) is 0.830. The summed E-state index contributed by atoms with van der Waals surface area (Å²) in [7, 11) is 0. The van der Waals surface area contributed by atoms with Gasteiger partial charge in [-0.05, 0) is 59.7 Å². The first-order chi connectivity index (χ1) is 22.8. The van der Waals surface area contributed by atoms with Crippen molar-refractivity contribution in [2.45, 2.75) is 6.54 Å². The standard InChI is InChI=1S/C42H29N3O/c1-3-14-29(15-4-1)32-25-36(30-16-5-2-6-17-30)43-37(26-32)33-18-11-21-40-41(33)34-24-31(22-23-39(34)46-40)42-44-35-19-9-10-20-38(35)45(42)27-28-12-7-8-13-28/h1-26,28H,27H2. The third kappa shape index (κ3) is 4.54. The number of pyridine rings is 1. The Labute approximate surface area is 266 Å². The third-order valence-corrected chi connectivity index (χ3v) is 8.91. The van der Waals surface area contributed by atoms with Crippen LogP contribution in [-0.2, 0) is 6.54 Å². The number of aromatic nitrogens is 3. The van der Waals surface area contributed by atoms with Gasteiger partial charge in [0, 0.05) is 39.9 Å². The molecule has 46 heavy (non-hydrogen) atoms. The van der Waals surface area contributed by atoms with Gasteiger partial charge in [0.05, 0.1) is 22.4 Å². The van der Waals surface area contributed by atoms with Crippen LogP contribution in [0.15, 0.2) is 162 Å². The Hall–Kier alpha value is -6.00. The Morgan fingerprint density at radius 3 is 2.13 bits per heavy atom. The van der Waals surface area contributed by atoms with Crippen molar-refractivity contribution in [3.8, 4) is 45.0 Å². The smallest absolute Gasteiger partial charge is 0.141 e. The number of furan rings is 1. The van der Waals surface area contributed by atoms with Crippen molar-refractivity contribution in [3.63, 3.8) is 0 Å². The van der Waals surface area contributed by atoms with Gasteiger partial charge in [0.15, 0.2) is 0 Å². The predicted molar refractivity (Wildman–Crippen MR) is 188 cm³/mol. The largest absolute Gasteiger partial charge is 0.456 e. The van der Waals surface area contributed by atoms with Crippen LogP contribution in [0.3, 0.4) is 0 Å². The Balaban J connectivity index is 1.25. The van der Waals surface area contributed by atoms with Gasteiger partial charge in [0.2, 0.25) is 0 Å². The van der Waals surface area contributed by atoms with E-state index in [2.05, 4.69) is 150 Å². The van der Waals surface area contributed by atoms with Gasteiger partial charge in [0.25, 0.3) is 0 Å². The van der Waals surface area contributed by atoms with Crippen molar-refractivity contribution in [3.05, 3.63) is 158 Å². The van der Waals surface area contributed by atoms with Crippen LogP contribution in [0.4, 0.5) is 0 Å². The molecule has 8 aromatic rings. The third-order valence-electron chi connectivity index (χ3n) is 8.91. The molecule has 4 nitrogen and oxygen atoms in total. The van der Waals surface area contributed by atoms with Crippen LogP contribution in [0.1, 0.15) is 0 Å². The molecule has 5 aromatic carbocycles. The first-order valence-electron chi connectivity index (χ1n) is 15.7. The topological polar surface area (TPSA) is 43.9 Å². The van der Waals surface area contributed by atoms with Crippen LogP contribution in [-0.4, -0.2) is 14.5 Å². The highest BCUT2D eigenvalue weighted by Gasteiger charge is 2.19. The molecule has 218 valence electrons. The van der Waals surface area contributed by atoms with Gasteiger partial charge in [-0.3, -0.25) is 0 Å². The maximum absolute atomic E-state index is 6.46. The molecule has 0 radical (unpaired) electrons. The molecule has 0 unspecified atom stereocenters. The normalized spacial score (nSPS) is 13.0. The second-order valence-corrected chi connectivity index (χ2v) is 11.8. The molecule has 4 heteroatoms. The minimum Gasteiger partial charge on any atom is -0.456 e. The molecule has 0 N–H and O–H groups in total. The van der Waals surface area contributed by atoms with Crippen molar-refractivity contribution in [1.82, 2.24) is 14.5 Å². The van der Waals surface area contributed by atoms with Gasteiger partial charge in [0.1, 0.15) is 17.0 Å². The molecule has 0 amide bonds. The number of imidazole rings is 1. The van der Waals surface area contributed by atoms with Crippen LogP contribution in [0.5, 0.6) is 0 Å². The summed E-state index contributed by atoms with van der Waals surface area (Å²) in [4.78, 5) is 10.4. The maximum atomic E-state index is 6.46. The van der Waals surface area contributed by atoms with Gasteiger partial charge in [-0.1, -0.05) is 109 Å². The SMILES string of the molecule is C1=CC(Cn2c(-c3ccc4oc5cccc(-c6cc(-c7ccccc7)cc(-c7ccccc7)n6)c5c4c3)nc3ccccc32)C=C1. The minimum atomic E-state index is 0.336. The molecule has 0 atom stereocenters. The van der Waals surface area contributed by atoms with E-state index < -0.39 is 0 Å². The Morgan fingerprint density at radius 1 is 0.565 bits per heavy atom. The number of para-hydroxylation sites is 2. The lowest BCUT2D eigenvalue weighted by molar-refractivity contribution is 0.640. The van der Waals surface area contributed by atoms with Gasteiger partial charge >= 0.3 is 0 Å². The first-order valence-corrected chi connectivity index (χ1v) is 15.7. The molecule has 1 aliphatic rings. The van der Waals surface area contributed by atoms with E-state index in [4.69, 9.17) is 14.4 Å². The lowest BCUT2D eigenvalue weighted by Gasteiger charge is -2.13. The Bertz CT molecular complexity index is 2380. The van der Waals surface area contributed by atoms with E-state index in [-0.39, 0.29) is 0 Å². The molecule has 0 aliphatic heterocycles. The first kappa shape index (κ1) is 26.4. The zero-order valence-electron chi connectivity index (χ0n) is 25.0. The number of allylic oxidation sites excluding steroid dienone is 4. The number of benzene rings is 5. The van der Waals surface area contributed by atoms with Gasteiger partial charge in [-0.25, -0.2) is 9.97 Å². The van der Waals surface area contributed by atoms with Gasteiger partial charge < -0.3 is 8.98 Å². The average Bonchev–Trinajstić information content (AvgIpc) is 3.87. The fourth-order valence-corrected chi connectivity index (χ4v) is 6.69. The number of hydrogen-bond acceptors (Lipinski definition) is 3. The van der Waals surface area contributed by atoms with Crippen LogP contribution in [0, 0.1) is 5.92 Å². The second kappa shape index (κ2) is 10.9. The molecule has 3 heterocycles. The molecular weight excluding hydrogens is 562 g/mol. The second-order valence-electron chi connectivity index (χ2n) is 11.8. The molecule has 0 saturated heterocycles. The zero-order chi connectivity index (χ0) is 30.5. The van der Waals surface area contributed by atoms with Crippen LogP contribution < -0.4 is 0 Å². The van der Waals surface area contributed by atoms with Crippen LogP contribution in [0.25, 0.3) is 78.0 Å². The fourth-order valence-electron chi connectivity index (χ4n) is 6.69. The number of hydrogen-bond donors (Lipinski definition) is 0. The van der Waals surface area contributed by atoms with E-state index in [0.29, 0.717) is 5.92 Å². The highest BCUT2D eigenvalue weighted by atomic mass is 16.3. The molecule has 3 aromatic heterocycles. The lowest BCUT2D eigenvalue weighted by Crippen LogP contribution is -2.07. The molecule has 0 fully saturated rings. The highest BCUT2D eigenvalue weighted by molar-refractivity contribution is 6.13. The Morgan fingerprint density at radius 2 is 1.30 bits per heavy atom. The highest BCUT2D eigenvalue weighted by Crippen LogP contribution is 2.40. The molecule has 0 spiro atoms. The minimum absolute atomic E-state index is 0.336. The molecule has 0 saturated carbocycles. The summed E-state index contributed by atoms with van der Waals surface area (Å²) in [6.07, 6.45) is 8.74. The quantitative estimate of drug-likeness (QED) is 0.193. The molecule has 1 aliphatic carbocycles. The van der Waals surface area contributed by atoms with E-state index in [9.17, 15) is 0 Å². The summed E-state index contributed by atoms with van der Waals surface area (Å²) >= 11 is 0. The fraction of sp³-hybridized carbons (Fsp3) is 0.0476. The van der Waals surface area contributed by atoms with Crippen molar-refractivity contribution in [1.29, 1.82) is 0 Å².